The maximum Gasteiger partial charge on any atom is 0.275 e. The van der Waals surface area contributed by atoms with Gasteiger partial charge in [-0.15, -0.1) is 0 Å². The summed E-state index contributed by atoms with van der Waals surface area (Å²) in [5.74, 6) is 1.63. The minimum atomic E-state index is 0.598. The number of likely N-dealkylation sites (N-methyl/N-ethyl adjacent to an activating group) is 1. The number of nitrogens with one attached hydrogen (secondary N) is 2. The van der Waals surface area contributed by atoms with E-state index < -0.39 is 0 Å². The van der Waals surface area contributed by atoms with Crippen molar-refractivity contribution < 1.29 is 4.90 Å². The van der Waals surface area contributed by atoms with Crippen LogP contribution in [-0.2, 0) is 12.8 Å². The molecule has 7 nitrogen and oxygen atoms in total. The molecule has 0 aliphatic heterocycles. The fourth-order valence-corrected chi connectivity index (χ4v) is 2.53. The van der Waals surface area contributed by atoms with Crippen LogP contribution in [0, 0.1) is 0 Å². The molecule has 0 fully saturated rings. The van der Waals surface area contributed by atoms with E-state index in [4.69, 9.17) is 0 Å². The Hall–Kier alpha value is -1.76. The molecule has 1 aliphatic rings. The topological polar surface area (TPSA) is 72.4 Å². The average Bonchev–Trinajstić information content (AvgIpc) is 2.85. The third-order valence-electron chi connectivity index (χ3n) is 3.54. The van der Waals surface area contributed by atoms with Crippen molar-refractivity contribution in [1.82, 2.24) is 25.0 Å². The first-order chi connectivity index (χ1) is 9.25. The van der Waals surface area contributed by atoms with Crippen molar-refractivity contribution in [2.24, 2.45) is 0 Å². The molecule has 19 heavy (non-hydrogen) atoms. The summed E-state index contributed by atoms with van der Waals surface area (Å²) in [5, 5.41) is 15.2. The fourth-order valence-electron chi connectivity index (χ4n) is 2.53. The largest absolute Gasteiger partial charge is 0.364 e. The quantitative estimate of drug-likeness (QED) is 0.736. The first-order valence-electron chi connectivity index (χ1n) is 6.88. The van der Waals surface area contributed by atoms with Crippen LogP contribution in [0.4, 0.5) is 5.82 Å². The number of hydrogen-bond acceptors (Lipinski definition) is 5. The molecule has 0 saturated heterocycles. The smallest absolute Gasteiger partial charge is 0.275 e. The second-order valence-corrected chi connectivity index (χ2v) is 5.37. The van der Waals surface area contributed by atoms with Gasteiger partial charge in [0.15, 0.2) is 0 Å². The summed E-state index contributed by atoms with van der Waals surface area (Å²) in [4.78, 5) is 5.98. The lowest BCUT2D eigenvalue weighted by Crippen LogP contribution is -3.06. The average molecular weight is 262 g/mol. The van der Waals surface area contributed by atoms with Crippen molar-refractivity contribution in [3.63, 3.8) is 0 Å². The van der Waals surface area contributed by atoms with Crippen LogP contribution >= 0.6 is 0 Å². The van der Waals surface area contributed by atoms with Crippen molar-refractivity contribution in [2.75, 3.05) is 32.5 Å². The molecule has 0 unspecified atom stereocenters. The first kappa shape index (κ1) is 12.3. The van der Waals surface area contributed by atoms with Crippen LogP contribution in [0.5, 0.6) is 0 Å². The lowest BCUT2D eigenvalue weighted by atomic mass is 9.96. The van der Waals surface area contributed by atoms with E-state index in [0.717, 1.165) is 37.4 Å². The van der Waals surface area contributed by atoms with Crippen molar-refractivity contribution >= 4 is 11.6 Å². The molecule has 102 valence electrons. The Morgan fingerprint density at radius 1 is 1.26 bits per heavy atom. The molecule has 0 bridgehead atoms. The molecule has 0 aromatic carbocycles. The Labute approximate surface area is 112 Å². The van der Waals surface area contributed by atoms with Crippen LogP contribution in [0.15, 0.2) is 0 Å². The molecule has 0 spiro atoms. The standard InChI is InChI=1S/C12H19N7/c1-18(2)8-7-13-11-9-5-3-4-6-10(9)14-12-15-16-17-19(11)12/h13H,3-8H2,1-2H3/p+1. The summed E-state index contributed by atoms with van der Waals surface area (Å²) < 4.78 is 1.73. The first-order valence-corrected chi connectivity index (χ1v) is 6.88. The molecular formula is C12H20N7+. The van der Waals surface area contributed by atoms with Crippen molar-refractivity contribution in [3.8, 4) is 0 Å². The minimum Gasteiger partial charge on any atom is -0.364 e. The van der Waals surface area contributed by atoms with Crippen LogP contribution in [0.3, 0.4) is 0 Å². The molecule has 0 radical (unpaired) electrons. The second-order valence-electron chi connectivity index (χ2n) is 5.37. The van der Waals surface area contributed by atoms with Crippen LogP contribution in [0.1, 0.15) is 24.1 Å². The zero-order valence-electron chi connectivity index (χ0n) is 11.5. The number of hydrogen-bond donors (Lipinski definition) is 2. The van der Waals surface area contributed by atoms with Gasteiger partial charge in [0, 0.05) is 5.56 Å². The van der Waals surface area contributed by atoms with Gasteiger partial charge in [-0.25, -0.2) is 4.98 Å². The molecule has 2 N–H and O–H groups in total. The number of fused-ring (bicyclic) bond motifs is 2. The van der Waals surface area contributed by atoms with Crippen LogP contribution in [0.25, 0.3) is 5.78 Å². The van der Waals surface area contributed by atoms with E-state index in [9.17, 15) is 0 Å². The van der Waals surface area contributed by atoms with Crippen LogP contribution in [0.2, 0.25) is 0 Å². The normalized spacial score (nSPS) is 14.9. The predicted octanol–water partition coefficient (Wildman–Crippen LogP) is -1.05. The van der Waals surface area contributed by atoms with Gasteiger partial charge >= 0.3 is 0 Å². The van der Waals surface area contributed by atoms with Gasteiger partial charge in [-0.1, -0.05) is 5.10 Å². The summed E-state index contributed by atoms with van der Waals surface area (Å²) in [6.45, 7) is 1.97. The highest BCUT2D eigenvalue weighted by molar-refractivity contribution is 5.53. The lowest BCUT2D eigenvalue weighted by Gasteiger charge is -2.19. The Kier molecular flexibility index (Phi) is 3.29. The fraction of sp³-hybridized carbons (Fsp3) is 0.667. The summed E-state index contributed by atoms with van der Waals surface area (Å²) in [6, 6.07) is 0. The summed E-state index contributed by atoms with van der Waals surface area (Å²) in [7, 11) is 4.30. The molecule has 1 aliphatic carbocycles. The van der Waals surface area contributed by atoms with E-state index in [-0.39, 0.29) is 0 Å². The Bertz CT molecular complexity index is 575. The molecule has 7 heteroatoms. The highest BCUT2D eigenvalue weighted by Crippen LogP contribution is 2.26. The molecule has 0 saturated carbocycles. The Balaban J connectivity index is 1.96. The minimum absolute atomic E-state index is 0.598. The number of nitrogens with zero attached hydrogens (tertiary/aromatic N) is 5. The molecular weight excluding hydrogens is 242 g/mol. The van der Waals surface area contributed by atoms with Crippen molar-refractivity contribution in [1.29, 1.82) is 0 Å². The monoisotopic (exact) mass is 262 g/mol. The maximum atomic E-state index is 4.56. The number of tetrazole rings is 1. The number of aromatic nitrogens is 5. The summed E-state index contributed by atoms with van der Waals surface area (Å²) >= 11 is 0. The number of anilines is 1. The molecule has 2 aromatic heterocycles. The molecule has 0 amide bonds. The van der Waals surface area contributed by atoms with E-state index in [0.29, 0.717) is 5.78 Å². The third-order valence-corrected chi connectivity index (χ3v) is 3.54. The van der Waals surface area contributed by atoms with Gasteiger partial charge < -0.3 is 10.2 Å². The summed E-state index contributed by atoms with van der Waals surface area (Å²) in [5.41, 5.74) is 2.45. The van der Waals surface area contributed by atoms with Gasteiger partial charge in [0.05, 0.1) is 32.9 Å². The highest BCUT2D eigenvalue weighted by Gasteiger charge is 2.19. The molecule has 3 rings (SSSR count). The van der Waals surface area contributed by atoms with Gasteiger partial charge in [-0.05, 0) is 36.1 Å². The molecule has 0 atom stereocenters. The van der Waals surface area contributed by atoms with Crippen LogP contribution < -0.4 is 10.2 Å². The van der Waals surface area contributed by atoms with Gasteiger partial charge in [0.1, 0.15) is 5.82 Å². The Morgan fingerprint density at radius 3 is 2.95 bits per heavy atom. The zero-order chi connectivity index (χ0) is 13.2. The highest BCUT2D eigenvalue weighted by atomic mass is 15.5. The lowest BCUT2D eigenvalue weighted by molar-refractivity contribution is -0.856. The maximum absolute atomic E-state index is 4.56. The predicted molar refractivity (Wildman–Crippen MR) is 71.4 cm³/mol. The molecule has 2 aromatic rings. The Morgan fingerprint density at radius 2 is 2.11 bits per heavy atom. The second kappa shape index (κ2) is 5.08. The van der Waals surface area contributed by atoms with E-state index in [1.165, 1.54) is 23.3 Å². The van der Waals surface area contributed by atoms with E-state index >= 15 is 0 Å². The van der Waals surface area contributed by atoms with Gasteiger partial charge in [0.25, 0.3) is 5.78 Å². The van der Waals surface area contributed by atoms with Crippen LogP contribution in [-0.4, -0.2) is 52.2 Å². The summed E-state index contributed by atoms with van der Waals surface area (Å²) in [6.07, 6.45) is 4.52. The van der Waals surface area contributed by atoms with E-state index in [1.54, 1.807) is 4.52 Å². The van der Waals surface area contributed by atoms with Gasteiger partial charge in [-0.3, -0.25) is 0 Å². The number of rotatable bonds is 4. The van der Waals surface area contributed by atoms with Crippen molar-refractivity contribution in [2.45, 2.75) is 25.7 Å². The number of aryl methyl sites for hydroxylation is 1. The van der Waals surface area contributed by atoms with Gasteiger partial charge in [-0.2, -0.15) is 4.52 Å². The number of quaternary nitrogens is 1. The van der Waals surface area contributed by atoms with E-state index in [2.05, 4.69) is 39.9 Å². The third kappa shape index (κ3) is 2.37. The van der Waals surface area contributed by atoms with E-state index in [1.807, 2.05) is 0 Å². The zero-order valence-corrected chi connectivity index (χ0v) is 11.5. The molecule has 2 heterocycles. The van der Waals surface area contributed by atoms with Gasteiger partial charge in [0.2, 0.25) is 0 Å². The SMILES string of the molecule is C[NH+](C)CCNc1c2c(nc3nnnn13)CCCC2. The van der Waals surface area contributed by atoms with Crippen molar-refractivity contribution in [3.05, 3.63) is 11.3 Å².